The molecule has 0 amide bonds. The Balaban J connectivity index is 2.37. The zero-order chi connectivity index (χ0) is 29.9. The fourth-order valence-electron chi connectivity index (χ4n) is 3.11. The normalized spacial score (nSPS) is 15.8. The van der Waals surface area contributed by atoms with Crippen molar-refractivity contribution >= 4 is 24.4 Å². The zero-order valence-electron chi connectivity index (χ0n) is 23.0. The van der Waals surface area contributed by atoms with E-state index in [9.17, 15) is 24.6 Å². The molecular weight excluding hydrogens is 561 g/mol. The summed E-state index contributed by atoms with van der Waals surface area (Å²) < 4.78 is 24.0. The van der Waals surface area contributed by atoms with Crippen LogP contribution in [-0.4, -0.2) is 63.3 Å². The first-order chi connectivity index (χ1) is 18.8. The average molecular weight is 598 g/mol. The SMILES string of the molecule is CC(C)C#C[C@H](O)[C@@H](COP(=S)(N[C@@H](C)C(=O)OC(C)C)Oc1ccccc1)O[C@H](CO)n1ccc(=O)[nH]c1=O. The van der Waals surface area contributed by atoms with Crippen LogP contribution in [0, 0.1) is 17.8 Å². The Morgan fingerprint density at radius 1 is 1.12 bits per heavy atom. The van der Waals surface area contributed by atoms with Gasteiger partial charge in [-0.3, -0.25) is 19.1 Å². The largest absolute Gasteiger partial charge is 0.462 e. The van der Waals surface area contributed by atoms with E-state index in [-0.39, 0.29) is 12.0 Å². The zero-order valence-corrected chi connectivity index (χ0v) is 24.7. The number of benzene rings is 1. The van der Waals surface area contributed by atoms with Gasteiger partial charge in [0, 0.05) is 18.2 Å². The Morgan fingerprint density at radius 2 is 1.80 bits per heavy atom. The predicted molar refractivity (Wildman–Crippen MR) is 152 cm³/mol. The summed E-state index contributed by atoms with van der Waals surface area (Å²) in [6.07, 6.45) is -3.19. The number of hydrogen-bond acceptors (Lipinski definition) is 10. The van der Waals surface area contributed by atoms with Crippen LogP contribution in [0.15, 0.2) is 52.2 Å². The van der Waals surface area contributed by atoms with E-state index in [2.05, 4.69) is 21.9 Å². The number of carbonyl (C=O) groups excluding carboxylic acids is 1. The minimum Gasteiger partial charge on any atom is -0.462 e. The number of hydrogen-bond donors (Lipinski definition) is 4. The Morgan fingerprint density at radius 3 is 2.38 bits per heavy atom. The highest BCUT2D eigenvalue weighted by Crippen LogP contribution is 2.45. The Labute approximate surface area is 237 Å². The Hall–Kier alpha value is -2.82. The summed E-state index contributed by atoms with van der Waals surface area (Å²) in [6.45, 7) is 4.04. The summed E-state index contributed by atoms with van der Waals surface area (Å²) in [4.78, 5) is 38.3. The molecule has 2 aromatic rings. The van der Waals surface area contributed by atoms with Gasteiger partial charge in [0.1, 0.15) is 24.0 Å². The molecule has 0 aliphatic heterocycles. The Bertz CT molecular complexity index is 1320. The van der Waals surface area contributed by atoms with Crippen molar-refractivity contribution in [2.75, 3.05) is 13.2 Å². The lowest BCUT2D eigenvalue weighted by molar-refractivity contribution is -0.149. The van der Waals surface area contributed by atoms with Crippen LogP contribution in [-0.2, 0) is 30.6 Å². The van der Waals surface area contributed by atoms with Crippen molar-refractivity contribution in [1.82, 2.24) is 14.6 Å². The molecule has 0 saturated heterocycles. The van der Waals surface area contributed by atoms with Gasteiger partial charge in [0.25, 0.3) is 5.56 Å². The summed E-state index contributed by atoms with van der Waals surface area (Å²) in [5, 5.41) is 23.7. The van der Waals surface area contributed by atoms with Crippen LogP contribution in [0.4, 0.5) is 0 Å². The third-order valence-corrected chi connectivity index (χ3v) is 7.46. The predicted octanol–water partition coefficient (Wildman–Crippen LogP) is 1.68. The van der Waals surface area contributed by atoms with Crippen molar-refractivity contribution in [2.45, 2.75) is 65.2 Å². The maximum absolute atomic E-state index is 12.5. The number of aromatic nitrogens is 2. The first-order valence-corrected chi connectivity index (χ1v) is 15.2. The number of ether oxygens (including phenoxy) is 2. The molecule has 0 aliphatic carbocycles. The van der Waals surface area contributed by atoms with E-state index in [1.807, 2.05) is 13.8 Å². The number of nitrogens with zero attached hydrogens (tertiary/aromatic N) is 1. The van der Waals surface area contributed by atoms with E-state index >= 15 is 0 Å². The van der Waals surface area contributed by atoms with Crippen molar-refractivity contribution in [2.24, 2.45) is 5.92 Å². The minimum atomic E-state index is -3.50. The van der Waals surface area contributed by atoms with Crippen LogP contribution in [0.25, 0.3) is 0 Å². The van der Waals surface area contributed by atoms with Gasteiger partial charge in [0.15, 0.2) is 6.23 Å². The topological polar surface area (TPSA) is 161 Å². The van der Waals surface area contributed by atoms with E-state index < -0.39 is 61.6 Å². The van der Waals surface area contributed by atoms with Crippen molar-refractivity contribution in [3.05, 3.63) is 63.4 Å². The molecule has 14 heteroatoms. The van der Waals surface area contributed by atoms with Gasteiger partial charge in [-0.05, 0) is 44.7 Å². The molecule has 12 nitrogen and oxygen atoms in total. The number of carbonyl (C=O) groups is 1. The summed E-state index contributed by atoms with van der Waals surface area (Å²) in [5.74, 6) is 5.23. The lowest BCUT2D eigenvalue weighted by Gasteiger charge is -2.30. The van der Waals surface area contributed by atoms with Crippen molar-refractivity contribution in [3.63, 3.8) is 0 Å². The highest BCUT2D eigenvalue weighted by atomic mass is 32.5. The highest BCUT2D eigenvalue weighted by Gasteiger charge is 2.32. The maximum Gasteiger partial charge on any atom is 0.330 e. The Kier molecular flexibility index (Phi) is 13.2. The third kappa shape index (κ3) is 11.0. The lowest BCUT2D eigenvalue weighted by Crippen LogP contribution is -2.41. The highest BCUT2D eigenvalue weighted by molar-refractivity contribution is 8.09. The van der Waals surface area contributed by atoms with Gasteiger partial charge in [-0.25, -0.2) is 9.88 Å². The molecule has 0 fully saturated rings. The van der Waals surface area contributed by atoms with Gasteiger partial charge < -0.3 is 28.7 Å². The number of aromatic amines is 1. The number of rotatable bonds is 14. The van der Waals surface area contributed by atoms with Gasteiger partial charge in [0.05, 0.1) is 19.3 Å². The molecule has 40 heavy (non-hydrogen) atoms. The van der Waals surface area contributed by atoms with E-state index in [1.54, 1.807) is 51.1 Å². The number of H-pyrrole nitrogens is 1. The molecule has 0 bridgehead atoms. The molecule has 0 saturated carbocycles. The number of para-hydroxylation sites is 1. The molecule has 0 aliphatic rings. The van der Waals surface area contributed by atoms with Gasteiger partial charge in [-0.1, -0.05) is 43.9 Å². The van der Waals surface area contributed by atoms with Crippen LogP contribution in [0.2, 0.25) is 0 Å². The lowest BCUT2D eigenvalue weighted by atomic mass is 10.1. The van der Waals surface area contributed by atoms with Gasteiger partial charge in [-0.15, -0.1) is 0 Å². The van der Waals surface area contributed by atoms with E-state index in [4.69, 9.17) is 30.3 Å². The molecule has 220 valence electrons. The monoisotopic (exact) mass is 597 g/mol. The fourth-order valence-corrected chi connectivity index (χ4v) is 5.53. The molecule has 1 unspecified atom stereocenters. The molecule has 1 heterocycles. The van der Waals surface area contributed by atoms with Crippen LogP contribution >= 0.6 is 6.64 Å². The van der Waals surface area contributed by atoms with E-state index in [0.717, 1.165) is 16.8 Å². The smallest absolute Gasteiger partial charge is 0.330 e. The summed E-state index contributed by atoms with van der Waals surface area (Å²) in [6, 6.07) is 8.74. The third-order valence-electron chi connectivity index (χ3n) is 4.96. The number of aliphatic hydroxyl groups is 2. The summed E-state index contributed by atoms with van der Waals surface area (Å²) >= 11 is 5.70. The van der Waals surface area contributed by atoms with Crippen molar-refractivity contribution < 1.29 is 33.5 Å². The molecule has 0 spiro atoms. The van der Waals surface area contributed by atoms with Gasteiger partial charge >= 0.3 is 18.3 Å². The van der Waals surface area contributed by atoms with E-state index in [0.29, 0.717) is 5.75 Å². The van der Waals surface area contributed by atoms with E-state index in [1.165, 1.54) is 0 Å². The van der Waals surface area contributed by atoms with Crippen molar-refractivity contribution in [1.29, 1.82) is 0 Å². The van der Waals surface area contributed by atoms with Crippen LogP contribution in [0.5, 0.6) is 5.75 Å². The first-order valence-electron chi connectivity index (χ1n) is 12.6. The molecule has 2 rings (SSSR count). The average Bonchev–Trinajstić information content (AvgIpc) is 2.88. The second kappa shape index (κ2) is 15.8. The molecular formula is C26H36N3O9PS. The molecule has 4 N–H and O–H groups in total. The van der Waals surface area contributed by atoms with Gasteiger partial charge in [0.2, 0.25) is 0 Å². The summed E-state index contributed by atoms with van der Waals surface area (Å²) in [5.41, 5.74) is -1.46. The number of aliphatic hydroxyl groups excluding tert-OH is 2. The molecule has 5 atom stereocenters. The molecule has 1 aromatic carbocycles. The van der Waals surface area contributed by atoms with Crippen LogP contribution < -0.4 is 20.9 Å². The second-order valence-corrected chi connectivity index (χ2v) is 12.4. The minimum absolute atomic E-state index is 0.0758. The van der Waals surface area contributed by atoms with Crippen LogP contribution in [0.1, 0.15) is 40.8 Å². The second-order valence-electron chi connectivity index (χ2n) is 9.25. The summed E-state index contributed by atoms with van der Waals surface area (Å²) in [7, 11) is 0. The molecule has 0 radical (unpaired) electrons. The number of esters is 1. The quantitative estimate of drug-likeness (QED) is 0.142. The molecule has 1 aromatic heterocycles. The number of nitrogens with one attached hydrogen (secondary N) is 2. The standard InChI is InChI=1S/C26H36N3O9PS/c1-17(2)11-12-21(31)22(37-24(15-30)29-14-13-23(32)27-26(29)34)16-35-39(40,38-20-9-7-6-8-10-20)28-19(5)25(33)36-18(3)4/h6-10,13-14,17-19,21-22,24,30-31H,15-16H2,1-5H3,(H,28,40)(H,27,32,34)/t19-,21-,22+,24+,39?/m0/s1. The van der Waals surface area contributed by atoms with Crippen LogP contribution in [0.3, 0.4) is 0 Å². The van der Waals surface area contributed by atoms with Gasteiger partial charge in [-0.2, -0.15) is 0 Å². The maximum atomic E-state index is 12.5. The first kappa shape index (κ1) is 33.4. The van der Waals surface area contributed by atoms with Crippen molar-refractivity contribution in [3.8, 4) is 17.6 Å². The fraction of sp³-hybridized carbons (Fsp3) is 0.500.